The molecule has 66 valence electrons. The molecular formula is C11H22. The SMILES string of the molecule is CCCCC1(CCC)CCC1. The minimum Gasteiger partial charge on any atom is -0.0654 e. The van der Waals surface area contributed by atoms with Crippen LogP contribution in [0, 0.1) is 5.41 Å². The van der Waals surface area contributed by atoms with Crippen molar-refractivity contribution in [2.24, 2.45) is 5.41 Å². The fourth-order valence-electron chi connectivity index (χ4n) is 2.38. The Bertz CT molecular complexity index is 101. The third-order valence-electron chi connectivity index (χ3n) is 3.26. The van der Waals surface area contributed by atoms with Gasteiger partial charge in [0.05, 0.1) is 0 Å². The topological polar surface area (TPSA) is 0 Å². The first-order valence-corrected chi connectivity index (χ1v) is 5.33. The van der Waals surface area contributed by atoms with E-state index in [2.05, 4.69) is 13.8 Å². The average Bonchev–Trinajstić information content (AvgIpc) is 1.95. The molecule has 0 unspecified atom stereocenters. The highest BCUT2D eigenvalue weighted by Crippen LogP contribution is 2.48. The number of hydrogen-bond donors (Lipinski definition) is 0. The van der Waals surface area contributed by atoms with Crippen molar-refractivity contribution >= 4 is 0 Å². The van der Waals surface area contributed by atoms with E-state index < -0.39 is 0 Å². The highest BCUT2D eigenvalue weighted by molar-refractivity contribution is 4.86. The molecule has 0 nitrogen and oxygen atoms in total. The highest BCUT2D eigenvalue weighted by atomic mass is 14.4. The van der Waals surface area contributed by atoms with Crippen molar-refractivity contribution in [2.45, 2.75) is 65.2 Å². The van der Waals surface area contributed by atoms with Gasteiger partial charge in [-0.3, -0.25) is 0 Å². The summed E-state index contributed by atoms with van der Waals surface area (Å²) >= 11 is 0. The fourth-order valence-corrected chi connectivity index (χ4v) is 2.38. The van der Waals surface area contributed by atoms with Gasteiger partial charge in [-0.05, 0) is 31.1 Å². The zero-order valence-corrected chi connectivity index (χ0v) is 8.16. The summed E-state index contributed by atoms with van der Waals surface area (Å²) in [5, 5.41) is 0. The minimum absolute atomic E-state index is 0.824. The Kier molecular flexibility index (Phi) is 3.42. The second-order valence-corrected chi connectivity index (χ2v) is 4.21. The largest absolute Gasteiger partial charge is 0.0654 e. The monoisotopic (exact) mass is 154 g/mol. The molecule has 0 amide bonds. The van der Waals surface area contributed by atoms with Crippen molar-refractivity contribution in [2.75, 3.05) is 0 Å². The van der Waals surface area contributed by atoms with Crippen LogP contribution in [0.2, 0.25) is 0 Å². The lowest BCUT2D eigenvalue weighted by Gasteiger charge is -2.42. The standard InChI is InChI=1S/C11H22/c1-3-5-8-11(7-4-2)9-6-10-11/h3-10H2,1-2H3. The maximum Gasteiger partial charge on any atom is -0.0298 e. The van der Waals surface area contributed by atoms with Gasteiger partial charge in [-0.1, -0.05) is 39.5 Å². The van der Waals surface area contributed by atoms with Gasteiger partial charge >= 0.3 is 0 Å². The molecule has 0 bridgehead atoms. The third-order valence-corrected chi connectivity index (χ3v) is 3.26. The molecule has 1 aliphatic rings. The lowest BCUT2D eigenvalue weighted by molar-refractivity contribution is 0.102. The van der Waals surface area contributed by atoms with Crippen molar-refractivity contribution in [3.05, 3.63) is 0 Å². The Morgan fingerprint density at radius 1 is 1.00 bits per heavy atom. The van der Waals surface area contributed by atoms with E-state index in [4.69, 9.17) is 0 Å². The molecule has 0 spiro atoms. The summed E-state index contributed by atoms with van der Waals surface area (Å²) in [4.78, 5) is 0. The molecule has 0 aromatic heterocycles. The number of rotatable bonds is 5. The van der Waals surface area contributed by atoms with Gasteiger partial charge in [-0.2, -0.15) is 0 Å². The number of unbranched alkanes of at least 4 members (excludes halogenated alkanes) is 1. The van der Waals surface area contributed by atoms with E-state index in [0.29, 0.717) is 0 Å². The molecule has 0 aromatic rings. The van der Waals surface area contributed by atoms with Crippen molar-refractivity contribution in [3.63, 3.8) is 0 Å². The van der Waals surface area contributed by atoms with Gasteiger partial charge in [0.25, 0.3) is 0 Å². The van der Waals surface area contributed by atoms with Crippen LogP contribution in [0.4, 0.5) is 0 Å². The molecule has 1 fully saturated rings. The van der Waals surface area contributed by atoms with E-state index in [1.165, 1.54) is 51.4 Å². The van der Waals surface area contributed by atoms with Gasteiger partial charge in [0.2, 0.25) is 0 Å². The van der Waals surface area contributed by atoms with Crippen LogP contribution in [0.25, 0.3) is 0 Å². The molecule has 11 heavy (non-hydrogen) atoms. The summed E-state index contributed by atoms with van der Waals surface area (Å²) in [7, 11) is 0. The Morgan fingerprint density at radius 3 is 2.09 bits per heavy atom. The summed E-state index contributed by atoms with van der Waals surface area (Å²) in [6.45, 7) is 4.63. The van der Waals surface area contributed by atoms with Gasteiger partial charge in [0.15, 0.2) is 0 Å². The van der Waals surface area contributed by atoms with Gasteiger partial charge in [0, 0.05) is 0 Å². The molecule has 0 aliphatic heterocycles. The Hall–Kier alpha value is 0. The zero-order valence-electron chi connectivity index (χ0n) is 8.16. The summed E-state index contributed by atoms with van der Waals surface area (Å²) in [6, 6.07) is 0. The van der Waals surface area contributed by atoms with Gasteiger partial charge in [-0.15, -0.1) is 0 Å². The number of hydrogen-bond acceptors (Lipinski definition) is 0. The van der Waals surface area contributed by atoms with E-state index in [9.17, 15) is 0 Å². The van der Waals surface area contributed by atoms with Crippen LogP contribution >= 0.6 is 0 Å². The highest BCUT2D eigenvalue weighted by Gasteiger charge is 2.34. The van der Waals surface area contributed by atoms with Crippen LogP contribution in [-0.4, -0.2) is 0 Å². The smallest absolute Gasteiger partial charge is 0.0298 e. The maximum atomic E-state index is 2.33. The van der Waals surface area contributed by atoms with E-state index in [1.807, 2.05) is 0 Å². The summed E-state index contributed by atoms with van der Waals surface area (Å²) in [6.07, 6.45) is 11.8. The van der Waals surface area contributed by atoms with E-state index in [1.54, 1.807) is 0 Å². The van der Waals surface area contributed by atoms with Crippen LogP contribution < -0.4 is 0 Å². The van der Waals surface area contributed by atoms with Gasteiger partial charge in [0.1, 0.15) is 0 Å². The molecule has 0 aromatic carbocycles. The van der Waals surface area contributed by atoms with Gasteiger partial charge < -0.3 is 0 Å². The molecule has 0 heteroatoms. The quantitative estimate of drug-likeness (QED) is 0.558. The second-order valence-electron chi connectivity index (χ2n) is 4.21. The average molecular weight is 154 g/mol. The van der Waals surface area contributed by atoms with Crippen LogP contribution in [0.5, 0.6) is 0 Å². The van der Waals surface area contributed by atoms with E-state index in [0.717, 1.165) is 5.41 Å². The van der Waals surface area contributed by atoms with E-state index >= 15 is 0 Å². The predicted octanol–water partition coefficient (Wildman–Crippen LogP) is 4.15. The van der Waals surface area contributed by atoms with Crippen molar-refractivity contribution in [1.82, 2.24) is 0 Å². The summed E-state index contributed by atoms with van der Waals surface area (Å²) < 4.78 is 0. The molecular weight excluding hydrogens is 132 g/mol. The second kappa shape index (κ2) is 4.13. The summed E-state index contributed by atoms with van der Waals surface area (Å²) in [5.41, 5.74) is 0.824. The van der Waals surface area contributed by atoms with Crippen LogP contribution in [0.1, 0.15) is 65.2 Å². The normalized spacial score (nSPS) is 21.3. The zero-order chi connectivity index (χ0) is 8.16. The predicted molar refractivity (Wildman–Crippen MR) is 50.7 cm³/mol. The molecule has 0 heterocycles. The molecule has 1 aliphatic carbocycles. The lowest BCUT2D eigenvalue weighted by Crippen LogP contribution is -2.28. The molecule has 1 saturated carbocycles. The molecule has 1 rings (SSSR count). The maximum absolute atomic E-state index is 2.33. The van der Waals surface area contributed by atoms with E-state index in [-0.39, 0.29) is 0 Å². The third kappa shape index (κ3) is 2.21. The van der Waals surface area contributed by atoms with Crippen LogP contribution in [0.3, 0.4) is 0 Å². The first-order chi connectivity index (χ1) is 5.33. The first kappa shape index (κ1) is 9.09. The van der Waals surface area contributed by atoms with Crippen molar-refractivity contribution in [3.8, 4) is 0 Å². The van der Waals surface area contributed by atoms with Crippen molar-refractivity contribution < 1.29 is 0 Å². The first-order valence-electron chi connectivity index (χ1n) is 5.33. The lowest BCUT2D eigenvalue weighted by atomic mass is 9.63. The Morgan fingerprint density at radius 2 is 1.73 bits per heavy atom. The minimum atomic E-state index is 0.824. The Labute approximate surface area is 71.4 Å². The van der Waals surface area contributed by atoms with Gasteiger partial charge in [-0.25, -0.2) is 0 Å². The van der Waals surface area contributed by atoms with Crippen LogP contribution in [-0.2, 0) is 0 Å². The molecule has 0 saturated heterocycles. The fraction of sp³-hybridized carbons (Fsp3) is 1.00. The molecule has 0 N–H and O–H groups in total. The molecule has 0 radical (unpaired) electrons. The van der Waals surface area contributed by atoms with Crippen molar-refractivity contribution in [1.29, 1.82) is 0 Å². The van der Waals surface area contributed by atoms with Crippen LogP contribution in [0.15, 0.2) is 0 Å². The summed E-state index contributed by atoms with van der Waals surface area (Å²) in [5.74, 6) is 0. The Balaban J connectivity index is 2.22. The molecule has 0 atom stereocenters.